The van der Waals surface area contributed by atoms with Gasteiger partial charge in [0.25, 0.3) is 0 Å². The van der Waals surface area contributed by atoms with Crippen LogP contribution in [0.15, 0.2) is 29.2 Å². The highest BCUT2D eigenvalue weighted by atomic mass is 35.5. The van der Waals surface area contributed by atoms with Gasteiger partial charge in [-0.3, -0.25) is 0 Å². The lowest BCUT2D eigenvalue weighted by Gasteiger charge is -1.98. The monoisotopic (exact) mass is 218 g/mol. The van der Waals surface area contributed by atoms with E-state index in [0.29, 0.717) is 10.8 Å². The number of aliphatic hydroxyl groups excluding tert-OH is 1. The molecule has 0 spiro atoms. The Hall–Kier alpha value is -0.250. The average molecular weight is 219 g/mol. The Bertz CT molecular complexity index is 271. The number of aliphatic hydroxyl groups is 1. The maximum absolute atomic E-state index is 8.94. The molecule has 1 nitrogen and oxygen atoms in total. The highest BCUT2D eigenvalue weighted by molar-refractivity contribution is 8.00. The van der Waals surface area contributed by atoms with Gasteiger partial charge < -0.3 is 5.11 Å². The molecular weight excluding hydrogens is 212 g/mol. The van der Waals surface area contributed by atoms with Gasteiger partial charge in [-0.1, -0.05) is 0 Å². The normalized spacial score (nSPS) is 9.75. The Kier molecular flexibility index (Phi) is 3.85. The molecule has 0 fully saturated rings. The molecule has 1 aromatic rings. The zero-order chi connectivity index (χ0) is 8.97. The molecule has 0 radical (unpaired) electrons. The first-order valence-corrected chi connectivity index (χ1v) is 5.19. The van der Waals surface area contributed by atoms with Crippen LogP contribution in [0.4, 0.5) is 0 Å². The number of hydrogen-bond donors (Lipinski definition) is 1. The Balaban J connectivity index is 2.78. The summed E-state index contributed by atoms with van der Waals surface area (Å²) < 4.78 is 0. The van der Waals surface area contributed by atoms with Gasteiger partial charge in [0, 0.05) is 10.5 Å². The minimum absolute atomic E-state index is 0.0718. The Labute approximate surface area is 85.7 Å². The minimum Gasteiger partial charge on any atom is -0.499 e. The Morgan fingerprint density at radius 2 is 2.00 bits per heavy atom. The highest BCUT2D eigenvalue weighted by Gasteiger charge is 1.97. The number of benzene rings is 1. The summed E-state index contributed by atoms with van der Waals surface area (Å²) in [6, 6.07) is 7.31. The molecule has 1 aromatic carbocycles. The van der Waals surface area contributed by atoms with E-state index < -0.39 is 0 Å². The van der Waals surface area contributed by atoms with Crippen molar-refractivity contribution >= 4 is 40.6 Å². The number of thiocarbonyl (C=S) groups is 1. The topological polar surface area (TPSA) is 20.2 Å². The van der Waals surface area contributed by atoms with Crippen molar-refractivity contribution in [1.82, 2.24) is 0 Å². The molecule has 0 bridgehead atoms. The Morgan fingerprint density at radius 3 is 2.42 bits per heavy atom. The molecule has 0 aliphatic rings. The van der Waals surface area contributed by atoms with E-state index in [-0.39, 0.29) is 5.05 Å². The number of rotatable bonds is 3. The fraction of sp³-hybridized carbons (Fsp3) is 0.125. The lowest BCUT2D eigenvalue weighted by atomic mass is 10.2. The zero-order valence-electron chi connectivity index (χ0n) is 6.16. The van der Waals surface area contributed by atoms with E-state index in [4.69, 9.17) is 16.7 Å². The summed E-state index contributed by atoms with van der Waals surface area (Å²) in [6.45, 7) is 0. The van der Waals surface area contributed by atoms with Crippen molar-refractivity contribution in [2.45, 2.75) is 4.90 Å². The van der Waals surface area contributed by atoms with Crippen molar-refractivity contribution in [3.8, 4) is 0 Å². The van der Waals surface area contributed by atoms with Gasteiger partial charge in [-0.05, 0) is 36.5 Å². The molecule has 1 N–H and O–H groups in total. The summed E-state index contributed by atoms with van der Waals surface area (Å²) in [4.78, 5) is 1.07. The zero-order valence-corrected chi connectivity index (χ0v) is 8.55. The lowest BCUT2D eigenvalue weighted by Crippen LogP contribution is -1.92. The van der Waals surface area contributed by atoms with E-state index in [9.17, 15) is 0 Å². The smallest absolute Gasteiger partial charge is 0.188 e. The van der Waals surface area contributed by atoms with Crippen LogP contribution in [0, 0.1) is 0 Å². The van der Waals surface area contributed by atoms with Gasteiger partial charge >= 0.3 is 0 Å². The number of alkyl halides is 1. The highest BCUT2D eigenvalue weighted by Crippen LogP contribution is 2.19. The third kappa shape index (κ3) is 2.66. The second-order valence-corrected chi connectivity index (χ2v) is 4.10. The van der Waals surface area contributed by atoms with Gasteiger partial charge in [0.05, 0.1) is 5.21 Å². The molecule has 0 aromatic heterocycles. The minimum atomic E-state index is -0.0718. The maximum Gasteiger partial charge on any atom is 0.188 e. The SMILES string of the molecule is OC(=S)c1ccc(SCCl)cc1. The largest absolute Gasteiger partial charge is 0.499 e. The van der Waals surface area contributed by atoms with Crippen LogP contribution in [-0.2, 0) is 0 Å². The van der Waals surface area contributed by atoms with Crippen molar-refractivity contribution in [3.63, 3.8) is 0 Å². The molecule has 0 aliphatic heterocycles. The summed E-state index contributed by atoms with van der Waals surface area (Å²) in [5.74, 6) is 0. The third-order valence-electron chi connectivity index (χ3n) is 1.32. The fourth-order valence-corrected chi connectivity index (χ4v) is 1.73. The van der Waals surface area contributed by atoms with E-state index in [1.54, 1.807) is 12.1 Å². The van der Waals surface area contributed by atoms with Crippen LogP contribution < -0.4 is 0 Å². The summed E-state index contributed by atoms with van der Waals surface area (Å²) >= 11 is 11.7. The van der Waals surface area contributed by atoms with Gasteiger partial charge in [0.2, 0.25) is 0 Å². The van der Waals surface area contributed by atoms with Crippen molar-refractivity contribution in [2.24, 2.45) is 0 Å². The van der Waals surface area contributed by atoms with E-state index >= 15 is 0 Å². The molecule has 1 rings (SSSR count). The van der Waals surface area contributed by atoms with Crippen molar-refractivity contribution in [3.05, 3.63) is 29.8 Å². The summed E-state index contributed by atoms with van der Waals surface area (Å²) in [5.41, 5.74) is 0.670. The number of halogens is 1. The predicted octanol–water partition coefficient (Wildman–Crippen LogP) is 3.21. The molecule has 0 atom stereocenters. The van der Waals surface area contributed by atoms with E-state index in [2.05, 4.69) is 12.2 Å². The van der Waals surface area contributed by atoms with Crippen LogP contribution >= 0.6 is 35.6 Å². The molecule has 4 heteroatoms. The molecule has 0 heterocycles. The third-order valence-corrected chi connectivity index (χ3v) is 2.60. The molecule has 0 saturated heterocycles. The molecular formula is C8H7ClOS2. The predicted molar refractivity (Wildman–Crippen MR) is 57.3 cm³/mol. The van der Waals surface area contributed by atoms with Crippen molar-refractivity contribution in [1.29, 1.82) is 0 Å². The molecule has 64 valence electrons. The second kappa shape index (κ2) is 4.70. The van der Waals surface area contributed by atoms with Crippen LogP contribution in [0.3, 0.4) is 0 Å². The van der Waals surface area contributed by atoms with Crippen LogP contribution in [0.5, 0.6) is 0 Å². The van der Waals surface area contributed by atoms with Crippen LogP contribution in [0.25, 0.3) is 0 Å². The van der Waals surface area contributed by atoms with Crippen LogP contribution in [-0.4, -0.2) is 15.4 Å². The van der Waals surface area contributed by atoms with E-state index in [1.807, 2.05) is 12.1 Å². The standard InChI is InChI=1S/C8H7ClOS2/c9-5-12-7-3-1-6(2-4-7)8(10)11/h1-4H,5H2,(H,10,11). The maximum atomic E-state index is 8.94. The van der Waals surface area contributed by atoms with Gasteiger partial charge in [-0.25, -0.2) is 0 Å². The van der Waals surface area contributed by atoms with Gasteiger partial charge in [0.1, 0.15) is 0 Å². The lowest BCUT2D eigenvalue weighted by molar-refractivity contribution is 0.571. The Morgan fingerprint density at radius 1 is 1.42 bits per heavy atom. The molecule has 0 saturated carbocycles. The summed E-state index contributed by atoms with van der Waals surface area (Å²) in [7, 11) is 0. The molecule has 0 unspecified atom stereocenters. The van der Waals surface area contributed by atoms with Gasteiger partial charge in [-0.2, -0.15) is 0 Å². The van der Waals surface area contributed by atoms with Crippen LogP contribution in [0.2, 0.25) is 0 Å². The second-order valence-electron chi connectivity index (χ2n) is 2.08. The van der Waals surface area contributed by atoms with Crippen molar-refractivity contribution in [2.75, 3.05) is 5.21 Å². The summed E-state index contributed by atoms with van der Waals surface area (Å²) in [6.07, 6.45) is 0. The van der Waals surface area contributed by atoms with Gasteiger partial charge in [0.15, 0.2) is 5.05 Å². The first kappa shape index (κ1) is 9.84. The fourth-order valence-electron chi connectivity index (χ4n) is 0.757. The summed E-state index contributed by atoms with van der Waals surface area (Å²) in [5, 5.41) is 9.40. The van der Waals surface area contributed by atoms with Gasteiger partial charge in [-0.15, -0.1) is 23.4 Å². The molecule has 0 aliphatic carbocycles. The first-order chi connectivity index (χ1) is 5.74. The molecule has 0 amide bonds. The number of thioether (sulfide) groups is 1. The number of hydrogen-bond acceptors (Lipinski definition) is 2. The van der Waals surface area contributed by atoms with E-state index in [0.717, 1.165) is 4.90 Å². The average Bonchev–Trinajstić information content (AvgIpc) is 2.06. The molecule has 12 heavy (non-hydrogen) atoms. The van der Waals surface area contributed by atoms with E-state index in [1.165, 1.54) is 11.8 Å². The van der Waals surface area contributed by atoms with Crippen LogP contribution in [0.1, 0.15) is 5.56 Å². The van der Waals surface area contributed by atoms with Crippen molar-refractivity contribution < 1.29 is 5.11 Å². The first-order valence-electron chi connectivity index (χ1n) is 3.26. The quantitative estimate of drug-likeness (QED) is 0.478.